The van der Waals surface area contributed by atoms with Gasteiger partial charge in [-0.25, -0.2) is 9.18 Å². The third-order valence-electron chi connectivity index (χ3n) is 3.71. The van der Waals surface area contributed by atoms with Crippen LogP contribution in [0.1, 0.15) is 44.0 Å². The monoisotopic (exact) mass is 385 g/mol. The van der Waals surface area contributed by atoms with Crippen molar-refractivity contribution in [3.05, 3.63) is 34.1 Å². The van der Waals surface area contributed by atoms with E-state index in [2.05, 4.69) is 15.9 Å². The Balaban J connectivity index is 1.96. The molecule has 1 aromatic rings. The van der Waals surface area contributed by atoms with Gasteiger partial charge in [-0.3, -0.25) is 4.79 Å². The van der Waals surface area contributed by atoms with Gasteiger partial charge >= 0.3 is 6.09 Å². The van der Waals surface area contributed by atoms with E-state index in [0.29, 0.717) is 30.4 Å². The van der Waals surface area contributed by atoms with E-state index >= 15 is 0 Å². The lowest BCUT2D eigenvalue weighted by Gasteiger charge is -2.33. The average molecular weight is 386 g/mol. The number of hydrogen-bond acceptors (Lipinski definition) is 3. The molecule has 1 saturated heterocycles. The second kappa shape index (κ2) is 6.99. The zero-order valence-electron chi connectivity index (χ0n) is 13.6. The quantitative estimate of drug-likeness (QED) is 0.707. The van der Waals surface area contributed by atoms with Gasteiger partial charge in [0.1, 0.15) is 11.4 Å². The summed E-state index contributed by atoms with van der Waals surface area (Å²) in [6.07, 6.45) is 0.680. The van der Waals surface area contributed by atoms with Crippen LogP contribution in [-0.2, 0) is 4.74 Å². The summed E-state index contributed by atoms with van der Waals surface area (Å²) < 4.78 is 19.8. The third-order valence-corrected chi connectivity index (χ3v) is 4.21. The molecule has 4 nitrogen and oxygen atoms in total. The fraction of sp³-hybridized carbons (Fsp3) is 0.529. The van der Waals surface area contributed by atoms with Gasteiger partial charge in [0.2, 0.25) is 0 Å². The van der Waals surface area contributed by atoms with Gasteiger partial charge in [-0.1, -0.05) is 15.9 Å². The number of likely N-dealkylation sites (tertiary alicyclic amines) is 1. The van der Waals surface area contributed by atoms with Crippen LogP contribution in [0.5, 0.6) is 0 Å². The van der Waals surface area contributed by atoms with Crippen LogP contribution in [0.15, 0.2) is 22.7 Å². The molecule has 0 unspecified atom stereocenters. The Bertz CT molecular complexity index is 604. The number of carbonyl (C=O) groups excluding carboxylic acids is 2. The highest BCUT2D eigenvalue weighted by molar-refractivity contribution is 9.10. The van der Waals surface area contributed by atoms with Gasteiger partial charge in [0, 0.05) is 23.5 Å². The summed E-state index contributed by atoms with van der Waals surface area (Å²) in [6.45, 7) is 6.35. The van der Waals surface area contributed by atoms with E-state index < -0.39 is 11.4 Å². The zero-order chi connectivity index (χ0) is 17.2. The third kappa shape index (κ3) is 4.77. The Hall–Kier alpha value is -1.43. The molecular formula is C17H21BrFNO3. The van der Waals surface area contributed by atoms with Crippen molar-refractivity contribution in [2.24, 2.45) is 5.92 Å². The van der Waals surface area contributed by atoms with Gasteiger partial charge in [0.15, 0.2) is 5.78 Å². The molecule has 0 aliphatic carbocycles. The molecule has 6 heteroatoms. The summed E-state index contributed by atoms with van der Waals surface area (Å²) in [4.78, 5) is 26.1. The summed E-state index contributed by atoms with van der Waals surface area (Å²) in [5, 5.41) is 0. The lowest BCUT2D eigenvalue weighted by molar-refractivity contribution is 0.0182. The molecule has 0 atom stereocenters. The summed E-state index contributed by atoms with van der Waals surface area (Å²) >= 11 is 3.18. The molecule has 1 heterocycles. The Kier molecular flexibility index (Phi) is 5.45. The molecule has 2 rings (SSSR count). The Morgan fingerprint density at radius 1 is 1.26 bits per heavy atom. The number of halogens is 2. The maximum Gasteiger partial charge on any atom is 0.410 e. The molecule has 1 fully saturated rings. The standard InChI is InChI=1S/C17H21BrFNO3/c1-17(2,3)23-16(22)20-8-6-11(7-9-20)15(21)13-5-4-12(18)10-14(13)19/h4-5,10-11H,6-9H2,1-3H3. The number of rotatable bonds is 2. The first-order valence-electron chi connectivity index (χ1n) is 7.64. The van der Waals surface area contributed by atoms with E-state index in [1.165, 1.54) is 12.1 Å². The van der Waals surface area contributed by atoms with E-state index in [1.54, 1.807) is 11.0 Å². The molecule has 0 N–H and O–H groups in total. The molecule has 0 radical (unpaired) electrons. The second-order valence-corrected chi connectivity index (χ2v) is 7.65. The molecule has 23 heavy (non-hydrogen) atoms. The van der Waals surface area contributed by atoms with Crippen LogP contribution in [0.25, 0.3) is 0 Å². The van der Waals surface area contributed by atoms with E-state index in [4.69, 9.17) is 4.74 Å². The smallest absolute Gasteiger partial charge is 0.410 e. The number of ketones is 1. The summed E-state index contributed by atoms with van der Waals surface area (Å²) in [7, 11) is 0. The fourth-order valence-corrected chi connectivity index (χ4v) is 2.89. The van der Waals surface area contributed by atoms with E-state index in [9.17, 15) is 14.0 Å². The van der Waals surface area contributed by atoms with Gasteiger partial charge in [-0.05, 0) is 51.8 Å². The van der Waals surface area contributed by atoms with Crippen LogP contribution in [0, 0.1) is 11.7 Å². The first kappa shape index (κ1) is 17.9. The molecule has 0 spiro atoms. The number of benzene rings is 1. The Labute approximate surface area is 144 Å². The number of piperidine rings is 1. The van der Waals surface area contributed by atoms with E-state index in [1.807, 2.05) is 20.8 Å². The van der Waals surface area contributed by atoms with Gasteiger partial charge in [-0.2, -0.15) is 0 Å². The first-order chi connectivity index (χ1) is 10.7. The van der Waals surface area contributed by atoms with Crippen molar-refractivity contribution in [3.8, 4) is 0 Å². The normalized spacial score (nSPS) is 16.3. The van der Waals surface area contributed by atoms with E-state index in [0.717, 1.165) is 0 Å². The predicted molar refractivity (Wildman–Crippen MR) is 89.0 cm³/mol. The minimum absolute atomic E-state index is 0.115. The largest absolute Gasteiger partial charge is 0.444 e. The van der Waals surface area contributed by atoms with Crippen LogP contribution < -0.4 is 0 Å². The minimum atomic E-state index is -0.537. The lowest BCUT2D eigenvalue weighted by atomic mass is 9.89. The number of nitrogens with zero attached hydrogens (tertiary/aromatic N) is 1. The van der Waals surface area contributed by atoms with Crippen molar-refractivity contribution in [3.63, 3.8) is 0 Å². The highest BCUT2D eigenvalue weighted by Gasteiger charge is 2.31. The van der Waals surface area contributed by atoms with Gasteiger partial charge in [0.25, 0.3) is 0 Å². The molecule has 0 bridgehead atoms. The topological polar surface area (TPSA) is 46.6 Å². The average Bonchev–Trinajstić information content (AvgIpc) is 2.45. The predicted octanol–water partition coefficient (Wildman–Crippen LogP) is 4.42. The van der Waals surface area contributed by atoms with Crippen molar-refractivity contribution in [1.82, 2.24) is 4.90 Å². The van der Waals surface area contributed by atoms with Crippen LogP contribution in [0.4, 0.5) is 9.18 Å². The Morgan fingerprint density at radius 3 is 2.39 bits per heavy atom. The maximum absolute atomic E-state index is 13.9. The first-order valence-corrected chi connectivity index (χ1v) is 8.44. The molecule has 1 aliphatic heterocycles. The van der Waals surface area contributed by atoms with Crippen LogP contribution in [0.2, 0.25) is 0 Å². The number of amides is 1. The fourth-order valence-electron chi connectivity index (χ4n) is 2.56. The number of carbonyl (C=O) groups is 2. The van der Waals surface area contributed by atoms with Crippen molar-refractivity contribution >= 4 is 27.8 Å². The van der Waals surface area contributed by atoms with Crippen LogP contribution in [0.3, 0.4) is 0 Å². The van der Waals surface area contributed by atoms with Crippen molar-refractivity contribution in [1.29, 1.82) is 0 Å². The SMILES string of the molecule is CC(C)(C)OC(=O)N1CCC(C(=O)c2ccc(Br)cc2F)CC1. The second-order valence-electron chi connectivity index (χ2n) is 6.73. The number of ether oxygens (including phenoxy) is 1. The van der Waals surface area contributed by atoms with Crippen molar-refractivity contribution in [2.45, 2.75) is 39.2 Å². The molecular weight excluding hydrogens is 365 g/mol. The van der Waals surface area contributed by atoms with E-state index in [-0.39, 0.29) is 23.4 Å². The van der Waals surface area contributed by atoms with Crippen molar-refractivity contribution < 1.29 is 18.7 Å². The highest BCUT2D eigenvalue weighted by atomic mass is 79.9. The molecule has 1 aliphatic rings. The summed E-state index contributed by atoms with van der Waals surface area (Å²) in [5.41, 5.74) is -0.423. The zero-order valence-corrected chi connectivity index (χ0v) is 15.2. The molecule has 0 saturated carbocycles. The molecule has 0 aromatic heterocycles. The molecule has 126 valence electrons. The molecule has 1 aromatic carbocycles. The number of Topliss-reactive ketones (excluding diaryl/α,β-unsaturated/α-hetero) is 1. The van der Waals surface area contributed by atoms with Crippen LogP contribution >= 0.6 is 15.9 Å². The number of hydrogen-bond donors (Lipinski definition) is 0. The molecule has 1 amide bonds. The van der Waals surface area contributed by atoms with Crippen LogP contribution in [-0.4, -0.2) is 35.5 Å². The maximum atomic E-state index is 13.9. The van der Waals surface area contributed by atoms with Gasteiger partial charge in [0.05, 0.1) is 5.56 Å². The van der Waals surface area contributed by atoms with Gasteiger partial charge in [-0.15, -0.1) is 0 Å². The summed E-state index contributed by atoms with van der Waals surface area (Å²) in [6, 6.07) is 4.46. The minimum Gasteiger partial charge on any atom is -0.444 e. The van der Waals surface area contributed by atoms with Crippen molar-refractivity contribution in [2.75, 3.05) is 13.1 Å². The Morgan fingerprint density at radius 2 is 1.87 bits per heavy atom. The summed E-state index contributed by atoms with van der Waals surface area (Å²) in [5.74, 6) is -0.970. The lowest BCUT2D eigenvalue weighted by Crippen LogP contribution is -2.43. The highest BCUT2D eigenvalue weighted by Crippen LogP contribution is 2.25. The van der Waals surface area contributed by atoms with Gasteiger partial charge < -0.3 is 9.64 Å².